The zero-order valence-corrected chi connectivity index (χ0v) is 18.0. The number of nitrogens with zero attached hydrogens (tertiary/aromatic N) is 1. The molecule has 2 aliphatic rings. The Morgan fingerprint density at radius 3 is 2.21 bits per heavy atom. The van der Waals surface area contributed by atoms with E-state index in [2.05, 4.69) is 17.4 Å². The van der Waals surface area contributed by atoms with Gasteiger partial charge in [0.1, 0.15) is 5.60 Å². The van der Waals surface area contributed by atoms with Crippen LogP contribution < -0.4 is 5.32 Å². The number of rotatable bonds is 4. The van der Waals surface area contributed by atoms with Gasteiger partial charge in [0.2, 0.25) is 5.91 Å². The summed E-state index contributed by atoms with van der Waals surface area (Å²) in [4.78, 5) is 27.7. The molecule has 0 spiro atoms. The monoisotopic (exact) mass is 404 g/mol. The van der Waals surface area contributed by atoms with Gasteiger partial charge in [-0.15, -0.1) is 11.8 Å². The second-order valence-electron chi connectivity index (χ2n) is 8.78. The van der Waals surface area contributed by atoms with Gasteiger partial charge in [0.25, 0.3) is 0 Å². The number of nitrogens with one attached hydrogen (secondary N) is 1. The molecule has 1 aromatic rings. The number of anilines is 1. The van der Waals surface area contributed by atoms with Crippen molar-refractivity contribution in [1.82, 2.24) is 4.90 Å². The summed E-state index contributed by atoms with van der Waals surface area (Å²) < 4.78 is 5.41. The van der Waals surface area contributed by atoms with Gasteiger partial charge < -0.3 is 15.0 Å². The van der Waals surface area contributed by atoms with Crippen LogP contribution in [0.1, 0.15) is 59.3 Å². The molecule has 0 radical (unpaired) electrons. The number of ether oxygens (including phenoxy) is 1. The standard InChI is InChI=1S/C22H32N2O3S/c1-22(2,3)27-21(26)24-14-12-16(13-15-24)20(25)23-17-8-10-19(11-9-17)28-18-6-4-5-7-18/h8-11,16,18H,4-7,12-15H2,1-3H3,(H,23,25). The van der Waals surface area contributed by atoms with Gasteiger partial charge in [0, 0.05) is 34.8 Å². The number of piperidine rings is 1. The van der Waals surface area contributed by atoms with E-state index in [4.69, 9.17) is 4.74 Å². The van der Waals surface area contributed by atoms with Crippen molar-refractivity contribution in [2.75, 3.05) is 18.4 Å². The fourth-order valence-electron chi connectivity index (χ4n) is 3.71. The number of carbonyl (C=O) groups is 2. The lowest BCUT2D eigenvalue weighted by Gasteiger charge is -2.32. The molecule has 1 saturated heterocycles. The lowest BCUT2D eigenvalue weighted by atomic mass is 9.96. The van der Waals surface area contributed by atoms with Crippen molar-refractivity contribution >= 4 is 29.4 Å². The first kappa shape index (κ1) is 21.0. The first-order chi connectivity index (χ1) is 13.3. The molecule has 3 rings (SSSR count). The predicted octanol–water partition coefficient (Wildman–Crippen LogP) is 5.31. The largest absolute Gasteiger partial charge is 0.444 e. The molecular formula is C22H32N2O3S. The summed E-state index contributed by atoms with van der Waals surface area (Å²) in [7, 11) is 0. The van der Waals surface area contributed by atoms with Gasteiger partial charge in [-0.05, 0) is 70.7 Å². The van der Waals surface area contributed by atoms with E-state index in [-0.39, 0.29) is 17.9 Å². The number of hydrogen-bond donors (Lipinski definition) is 1. The van der Waals surface area contributed by atoms with E-state index in [9.17, 15) is 9.59 Å². The van der Waals surface area contributed by atoms with Crippen LogP contribution in [0.3, 0.4) is 0 Å². The maximum Gasteiger partial charge on any atom is 0.410 e. The van der Waals surface area contributed by atoms with Crippen LogP contribution in [-0.4, -0.2) is 40.8 Å². The average Bonchev–Trinajstić information content (AvgIpc) is 3.15. The molecule has 28 heavy (non-hydrogen) atoms. The second-order valence-corrected chi connectivity index (χ2v) is 10.2. The number of hydrogen-bond acceptors (Lipinski definition) is 4. The molecule has 1 heterocycles. The first-order valence-corrected chi connectivity index (χ1v) is 11.2. The molecule has 6 heteroatoms. The van der Waals surface area contributed by atoms with Crippen molar-refractivity contribution in [2.45, 2.75) is 75.0 Å². The topological polar surface area (TPSA) is 58.6 Å². The number of carbonyl (C=O) groups excluding carboxylic acids is 2. The fraction of sp³-hybridized carbons (Fsp3) is 0.636. The lowest BCUT2D eigenvalue weighted by molar-refractivity contribution is -0.121. The Bertz CT molecular complexity index is 670. The smallest absolute Gasteiger partial charge is 0.410 e. The number of amides is 2. The average molecular weight is 405 g/mol. The Morgan fingerprint density at radius 2 is 1.64 bits per heavy atom. The Kier molecular flexibility index (Phi) is 6.91. The van der Waals surface area contributed by atoms with E-state index in [1.54, 1.807) is 4.90 Å². The van der Waals surface area contributed by atoms with E-state index in [1.807, 2.05) is 44.7 Å². The molecule has 1 N–H and O–H groups in total. The Labute approximate surface area is 172 Å². The maximum atomic E-state index is 12.6. The fourth-order valence-corrected chi connectivity index (χ4v) is 4.96. The van der Waals surface area contributed by atoms with E-state index >= 15 is 0 Å². The zero-order chi connectivity index (χ0) is 20.1. The van der Waals surface area contributed by atoms with Gasteiger partial charge in [-0.25, -0.2) is 4.79 Å². The van der Waals surface area contributed by atoms with Crippen LogP contribution in [0.4, 0.5) is 10.5 Å². The Hall–Kier alpha value is -1.69. The minimum Gasteiger partial charge on any atom is -0.444 e. The molecule has 1 aromatic carbocycles. The second kappa shape index (κ2) is 9.21. The maximum absolute atomic E-state index is 12.6. The predicted molar refractivity (Wildman–Crippen MR) is 114 cm³/mol. The highest BCUT2D eigenvalue weighted by Gasteiger charge is 2.30. The van der Waals surface area contributed by atoms with Crippen LogP contribution in [0.15, 0.2) is 29.2 Å². The van der Waals surface area contributed by atoms with Crippen LogP contribution in [0.5, 0.6) is 0 Å². The summed E-state index contributed by atoms with van der Waals surface area (Å²) in [5, 5.41) is 3.78. The molecule has 0 aromatic heterocycles. The van der Waals surface area contributed by atoms with Crippen molar-refractivity contribution in [1.29, 1.82) is 0 Å². The van der Waals surface area contributed by atoms with Crippen LogP contribution >= 0.6 is 11.8 Å². The van der Waals surface area contributed by atoms with Gasteiger partial charge in [0.15, 0.2) is 0 Å². The van der Waals surface area contributed by atoms with E-state index in [0.29, 0.717) is 25.9 Å². The van der Waals surface area contributed by atoms with Gasteiger partial charge in [-0.3, -0.25) is 4.79 Å². The molecule has 0 atom stereocenters. The Morgan fingerprint density at radius 1 is 1.04 bits per heavy atom. The van der Waals surface area contributed by atoms with Crippen LogP contribution in [-0.2, 0) is 9.53 Å². The molecule has 1 aliphatic carbocycles. The summed E-state index contributed by atoms with van der Waals surface area (Å²) in [6.07, 6.45) is 6.36. The normalized spacial score (nSPS) is 18.9. The van der Waals surface area contributed by atoms with Crippen molar-refractivity contribution in [3.05, 3.63) is 24.3 Å². The summed E-state index contributed by atoms with van der Waals surface area (Å²) in [6.45, 7) is 6.71. The van der Waals surface area contributed by atoms with Crippen LogP contribution in [0, 0.1) is 5.92 Å². The third-order valence-electron chi connectivity index (χ3n) is 5.24. The van der Waals surface area contributed by atoms with Crippen molar-refractivity contribution < 1.29 is 14.3 Å². The molecule has 1 saturated carbocycles. The summed E-state index contributed by atoms with van der Waals surface area (Å²) >= 11 is 1.95. The molecule has 5 nitrogen and oxygen atoms in total. The van der Waals surface area contributed by atoms with Gasteiger partial charge >= 0.3 is 6.09 Å². The Balaban J connectivity index is 1.44. The molecule has 2 fully saturated rings. The minimum absolute atomic E-state index is 0.0417. The minimum atomic E-state index is -0.493. The lowest BCUT2D eigenvalue weighted by Crippen LogP contribution is -2.43. The quantitative estimate of drug-likeness (QED) is 0.739. The highest BCUT2D eigenvalue weighted by molar-refractivity contribution is 8.00. The van der Waals surface area contributed by atoms with Gasteiger partial charge in [-0.1, -0.05) is 12.8 Å². The van der Waals surface area contributed by atoms with Crippen LogP contribution in [0.2, 0.25) is 0 Å². The van der Waals surface area contributed by atoms with Crippen molar-refractivity contribution in [3.8, 4) is 0 Å². The number of benzene rings is 1. The molecule has 154 valence electrons. The molecule has 1 aliphatic heterocycles. The number of likely N-dealkylation sites (tertiary alicyclic amines) is 1. The van der Waals surface area contributed by atoms with E-state index in [1.165, 1.54) is 30.6 Å². The molecule has 0 bridgehead atoms. The molecule has 2 amide bonds. The van der Waals surface area contributed by atoms with E-state index in [0.717, 1.165) is 10.9 Å². The SMILES string of the molecule is CC(C)(C)OC(=O)N1CCC(C(=O)Nc2ccc(SC3CCCC3)cc2)CC1. The third-order valence-corrected chi connectivity index (χ3v) is 6.59. The van der Waals surface area contributed by atoms with Crippen LogP contribution in [0.25, 0.3) is 0 Å². The summed E-state index contributed by atoms with van der Waals surface area (Å²) in [6, 6.07) is 8.18. The molecular weight excluding hydrogens is 372 g/mol. The third kappa shape index (κ3) is 6.16. The van der Waals surface area contributed by atoms with Gasteiger partial charge in [-0.2, -0.15) is 0 Å². The molecule has 0 unspecified atom stereocenters. The summed E-state index contributed by atoms with van der Waals surface area (Å²) in [5.41, 5.74) is 0.350. The highest BCUT2D eigenvalue weighted by atomic mass is 32.2. The van der Waals surface area contributed by atoms with E-state index < -0.39 is 5.60 Å². The first-order valence-electron chi connectivity index (χ1n) is 10.4. The highest BCUT2D eigenvalue weighted by Crippen LogP contribution is 2.35. The number of thioether (sulfide) groups is 1. The zero-order valence-electron chi connectivity index (χ0n) is 17.2. The van der Waals surface area contributed by atoms with Crippen molar-refractivity contribution in [3.63, 3.8) is 0 Å². The van der Waals surface area contributed by atoms with Gasteiger partial charge in [0.05, 0.1) is 0 Å². The van der Waals surface area contributed by atoms with Crippen molar-refractivity contribution in [2.24, 2.45) is 5.92 Å². The summed E-state index contributed by atoms with van der Waals surface area (Å²) in [5.74, 6) is -0.0220.